The van der Waals surface area contributed by atoms with Crippen LogP contribution in [0.4, 0.5) is 0 Å². The molecule has 3 unspecified atom stereocenters. The van der Waals surface area contributed by atoms with Crippen LogP contribution in [0.3, 0.4) is 0 Å². The second-order valence-electron chi connectivity index (χ2n) is 6.46. The van der Waals surface area contributed by atoms with Crippen LogP contribution in [-0.4, -0.2) is 0 Å². The van der Waals surface area contributed by atoms with Crippen LogP contribution >= 0.6 is 0 Å². The summed E-state index contributed by atoms with van der Waals surface area (Å²) in [5, 5.41) is 0. The van der Waals surface area contributed by atoms with Crippen LogP contribution in [0.5, 0.6) is 0 Å². The lowest BCUT2D eigenvalue weighted by Gasteiger charge is -2.38. The first kappa shape index (κ1) is 12.5. The van der Waals surface area contributed by atoms with Crippen molar-refractivity contribution in [3.05, 3.63) is 0 Å². The molecular weight excluding hydrogens is 192 g/mol. The largest absolute Gasteiger partial charge is 0.0651 e. The molecule has 0 aromatic rings. The first-order valence-corrected chi connectivity index (χ1v) is 7.81. The van der Waals surface area contributed by atoms with Crippen molar-refractivity contribution in [2.75, 3.05) is 0 Å². The molecule has 0 aliphatic heterocycles. The molecule has 0 heteroatoms. The molecule has 2 saturated carbocycles. The van der Waals surface area contributed by atoms with E-state index in [1.54, 1.807) is 6.42 Å². The molecule has 0 nitrogen and oxygen atoms in total. The van der Waals surface area contributed by atoms with Gasteiger partial charge in [0.1, 0.15) is 0 Å². The summed E-state index contributed by atoms with van der Waals surface area (Å²) in [7, 11) is 0. The highest BCUT2D eigenvalue weighted by atomic mass is 14.4. The summed E-state index contributed by atoms with van der Waals surface area (Å²) in [6.07, 6.45) is 15.1. The maximum Gasteiger partial charge on any atom is -0.0383 e. The number of hydrogen-bond acceptors (Lipinski definition) is 0. The smallest absolute Gasteiger partial charge is 0.0383 e. The molecule has 2 fully saturated rings. The van der Waals surface area contributed by atoms with Crippen molar-refractivity contribution in [3.63, 3.8) is 0 Å². The third-order valence-corrected chi connectivity index (χ3v) is 5.54. The molecule has 0 heterocycles. The van der Waals surface area contributed by atoms with Gasteiger partial charge in [-0.3, -0.25) is 0 Å². The molecule has 2 aliphatic carbocycles. The van der Waals surface area contributed by atoms with Crippen molar-refractivity contribution in [1.82, 2.24) is 0 Å². The average molecular weight is 222 g/mol. The Morgan fingerprint density at radius 2 is 1.56 bits per heavy atom. The zero-order chi connectivity index (χ0) is 11.4. The number of hydrogen-bond donors (Lipinski definition) is 0. The van der Waals surface area contributed by atoms with Crippen molar-refractivity contribution >= 4 is 0 Å². The third kappa shape index (κ3) is 3.02. The van der Waals surface area contributed by atoms with E-state index in [0.29, 0.717) is 0 Å². The predicted octanol–water partition coefficient (Wildman–Crippen LogP) is 5.42. The van der Waals surface area contributed by atoms with Crippen LogP contribution in [0.1, 0.15) is 78.1 Å². The predicted molar refractivity (Wildman–Crippen MR) is 71.5 cm³/mol. The van der Waals surface area contributed by atoms with Crippen molar-refractivity contribution in [2.24, 2.45) is 23.7 Å². The topological polar surface area (TPSA) is 0 Å². The summed E-state index contributed by atoms with van der Waals surface area (Å²) in [6.45, 7) is 4.96. The first-order valence-electron chi connectivity index (χ1n) is 7.81. The van der Waals surface area contributed by atoms with E-state index in [2.05, 4.69) is 13.8 Å². The van der Waals surface area contributed by atoms with E-state index in [1.807, 2.05) is 0 Å². The van der Waals surface area contributed by atoms with E-state index in [-0.39, 0.29) is 0 Å². The fourth-order valence-corrected chi connectivity index (χ4v) is 4.23. The van der Waals surface area contributed by atoms with Gasteiger partial charge in [0.25, 0.3) is 0 Å². The third-order valence-electron chi connectivity index (χ3n) is 5.54. The molecular formula is C16H30. The van der Waals surface area contributed by atoms with Crippen molar-refractivity contribution in [3.8, 4) is 0 Å². The summed E-state index contributed by atoms with van der Waals surface area (Å²) in [5.74, 6) is 4.23. The molecule has 0 aromatic heterocycles. The Morgan fingerprint density at radius 3 is 2.25 bits per heavy atom. The molecule has 16 heavy (non-hydrogen) atoms. The highest BCUT2D eigenvalue weighted by Gasteiger charge is 2.30. The Bertz CT molecular complexity index is 190. The fraction of sp³-hybridized carbons (Fsp3) is 1.00. The van der Waals surface area contributed by atoms with E-state index >= 15 is 0 Å². The molecule has 0 amide bonds. The van der Waals surface area contributed by atoms with Crippen LogP contribution in [0, 0.1) is 23.7 Å². The molecule has 0 aromatic carbocycles. The molecule has 0 spiro atoms. The van der Waals surface area contributed by atoms with Crippen molar-refractivity contribution in [1.29, 1.82) is 0 Å². The Hall–Kier alpha value is 0. The second-order valence-corrected chi connectivity index (χ2v) is 6.46. The van der Waals surface area contributed by atoms with Gasteiger partial charge in [-0.1, -0.05) is 71.6 Å². The average Bonchev–Trinajstić information content (AvgIpc) is 2.39. The zero-order valence-electron chi connectivity index (χ0n) is 11.4. The molecule has 0 N–H and O–H groups in total. The summed E-state index contributed by atoms with van der Waals surface area (Å²) >= 11 is 0. The lowest BCUT2D eigenvalue weighted by Crippen LogP contribution is -2.27. The highest BCUT2D eigenvalue weighted by Crippen LogP contribution is 2.41. The van der Waals surface area contributed by atoms with Crippen molar-refractivity contribution < 1.29 is 0 Å². The maximum absolute atomic E-state index is 2.57. The zero-order valence-corrected chi connectivity index (χ0v) is 11.4. The molecule has 0 bridgehead atoms. The molecule has 3 atom stereocenters. The molecule has 2 rings (SSSR count). The van der Waals surface area contributed by atoms with Crippen LogP contribution in [0.15, 0.2) is 0 Å². The van der Waals surface area contributed by atoms with Gasteiger partial charge in [-0.15, -0.1) is 0 Å². The Balaban J connectivity index is 1.84. The van der Waals surface area contributed by atoms with Crippen LogP contribution in [0.25, 0.3) is 0 Å². The summed E-state index contributed by atoms with van der Waals surface area (Å²) in [4.78, 5) is 0. The Morgan fingerprint density at radius 1 is 0.875 bits per heavy atom. The summed E-state index contributed by atoms with van der Waals surface area (Å²) < 4.78 is 0. The van der Waals surface area contributed by atoms with Crippen LogP contribution < -0.4 is 0 Å². The van der Waals surface area contributed by atoms with E-state index in [9.17, 15) is 0 Å². The highest BCUT2D eigenvalue weighted by molar-refractivity contribution is 4.81. The van der Waals surface area contributed by atoms with E-state index in [1.165, 1.54) is 57.8 Å². The SMILES string of the molecule is CCC1CCCC(C(C)C2CCCCC2)C1. The summed E-state index contributed by atoms with van der Waals surface area (Å²) in [6, 6.07) is 0. The second kappa shape index (κ2) is 6.07. The molecule has 0 saturated heterocycles. The van der Waals surface area contributed by atoms with Crippen LogP contribution in [-0.2, 0) is 0 Å². The first-order chi connectivity index (χ1) is 7.81. The van der Waals surface area contributed by atoms with E-state index in [4.69, 9.17) is 0 Å². The number of rotatable bonds is 3. The normalized spacial score (nSPS) is 34.9. The fourth-order valence-electron chi connectivity index (χ4n) is 4.23. The van der Waals surface area contributed by atoms with Gasteiger partial charge in [0, 0.05) is 0 Å². The minimum atomic E-state index is 1.02. The minimum absolute atomic E-state index is 1.02. The van der Waals surface area contributed by atoms with Gasteiger partial charge in [0.2, 0.25) is 0 Å². The van der Waals surface area contributed by atoms with E-state index in [0.717, 1.165) is 23.7 Å². The lowest BCUT2D eigenvalue weighted by molar-refractivity contribution is 0.132. The van der Waals surface area contributed by atoms with Gasteiger partial charge in [-0.05, 0) is 30.1 Å². The molecule has 94 valence electrons. The Labute approximate surface area is 102 Å². The Kier molecular flexibility index (Phi) is 4.73. The lowest BCUT2D eigenvalue weighted by atomic mass is 9.68. The van der Waals surface area contributed by atoms with Crippen molar-refractivity contribution in [2.45, 2.75) is 78.1 Å². The van der Waals surface area contributed by atoms with Gasteiger partial charge in [0.05, 0.1) is 0 Å². The molecule has 0 radical (unpaired) electrons. The van der Waals surface area contributed by atoms with Gasteiger partial charge in [0.15, 0.2) is 0 Å². The molecule has 2 aliphatic rings. The van der Waals surface area contributed by atoms with Gasteiger partial charge in [-0.25, -0.2) is 0 Å². The summed E-state index contributed by atoms with van der Waals surface area (Å²) in [5.41, 5.74) is 0. The van der Waals surface area contributed by atoms with Crippen LogP contribution in [0.2, 0.25) is 0 Å². The maximum atomic E-state index is 2.57. The monoisotopic (exact) mass is 222 g/mol. The van der Waals surface area contributed by atoms with Gasteiger partial charge >= 0.3 is 0 Å². The van der Waals surface area contributed by atoms with E-state index < -0.39 is 0 Å². The van der Waals surface area contributed by atoms with Gasteiger partial charge in [-0.2, -0.15) is 0 Å². The minimum Gasteiger partial charge on any atom is -0.0651 e. The standard InChI is InChI=1S/C16H30/c1-3-14-8-7-11-16(12-14)13(2)15-9-5-4-6-10-15/h13-16H,3-12H2,1-2H3. The van der Waals surface area contributed by atoms with Gasteiger partial charge < -0.3 is 0 Å². The quantitative estimate of drug-likeness (QED) is 0.598.